The van der Waals surface area contributed by atoms with Crippen LogP contribution in [0.4, 0.5) is 5.95 Å². The average molecular weight is 248 g/mol. The third kappa shape index (κ3) is 3.18. The van der Waals surface area contributed by atoms with Crippen LogP contribution in [0.25, 0.3) is 0 Å². The summed E-state index contributed by atoms with van der Waals surface area (Å²) in [5.74, 6) is 0.445. The first-order valence-electron chi connectivity index (χ1n) is 6.59. The molecule has 2 rings (SSSR count). The topological polar surface area (TPSA) is 66.9 Å². The summed E-state index contributed by atoms with van der Waals surface area (Å²) in [6, 6.07) is 2.06. The maximum absolute atomic E-state index is 12.0. The lowest BCUT2D eigenvalue weighted by Gasteiger charge is -2.26. The zero-order chi connectivity index (χ0) is 13.0. The van der Waals surface area contributed by atoms with Crippen LogP contribution in [0.2, 0.25) is 0 Å². The van der Waals surface area contributed by atoms with Crippen LogP contribution in [0.5, 0.6) is 0 Å². The van der Waals surface area contributed by atoms with Gasteiger partial charge in [-0.15, -0.1) is 0 Å². The van der Waals surface area contributed by atoms with Crippen molar-refractivity contribution in [1.82, 2.24) is 15.3 Å². The van der Waals surface area contributed by atoms with Crippen LogP contribution in [0.3, 0.4) is 0 Å². The van der Waals surface area contributed by atoms with E-state index in [2.05, 4.69) is 27.5 Å². The Labute approximate surface area is 107 Å². The average Bonchev–Trinajstić information content (AvgIpc) is 2.30. The first-order valence-corrected chi connectivity index (χ1v) is 6.59. The van der Waals surface area contributed by atoms with Gasteiger partial charge in [0.05, 0.1) is 0 Å². The molecule has 0 bridgehead atoms. The molecule has 1 aliphatic rings. The number of nitrogens with zero attached hydrogens (tertiary/aromatic N) is 2. The van der Waals surface area contributed by atoms with E-state index in [1.807, 2.05) is 6.92 Å². The van der Waals surface area contributed by atoms with Gasteiger partial charge in [-0.1, -0.05) is 6.92 Å². The summed E-state index contributed by atoms with van der Waals surface area (Å²) in [4.78, 5) is 20.5. The van der Waals surface area contributed by atoms with Crippen molar-refractivity contribution < 1.29 is 4.79 Å². The van der Waals surface area contributed by atoms with Gasteiger partial charge in [0.1, 0.15) is 5.69 Å². The summed E-state index contributed by atoms with van der Waals surface area (Å²) in [6.45, 7) is 4.76. The van der Waals surface area contributed by atoms with Crippen molar-refractivity contribution in [2.45, 2.75) is 45.6 Å². The lowest BCUT2D eigenvalue weighted by molar-refractivity contribution is 0.0911. The number of carbonyl (C=O) groups excluding carboxylic acids is 1. The Bertz CT molecular complexity index is 429. The van der Waals surface area contributed by atoms with E-state index < -0.39 is 0 Å². The molecule has 0 spiro atoms. The third-order valence-corrected chi connectivity index (χ3v) is 3.06. The predicted octanol–water partition coefficient (Wildman–Crippen LogP) is 1.89. The highest BCUT2D eigenvalue weighted by molar-refractivity contribution is 5.92. The Balaban J connectivity index is 2.05. The van der Waals surface area contributed by atoms with E-state index in [0.29, 0.717) is 17.7 Å². The number of aryl methyl sites for hydroxylation is 1. The number of aromatic nitrogens is 2. The molecule has 18 heavy (non-hydrogen) atoms. The molecule has 0 aliphatic heterocycles. The first-order chi connectivity index (χ1) is 8.69. The summed E-state index contributed by atoms with van der Waals surface area (Å²) in [7, 11) is 0. The smallest absolute Gasteiger partial charge is 0.270 e. The first kappa shape index (κ1) is 12.8. The van der Waals surface area contributed by atoms with Gasteiger partial charge in [-0.05, 0) is 38.7 Å². The molecule has 5 heteroatoms. The molecule has 1 amide bonds. The number of amides is 1. The van der Waals surface area contributed by atoms with Gasteiger partial charge in [0.25, 0.3) is 5.91 Å². The minimum atomic E-state index is -0.0928. The summed E-state index contributed by atoms with van der Waals surface area (Å²) in [6.07, 6.45) is 4.37. The van der Waals surface area contributed by atoms with Gasteiger partial charge in [0, 0.05) is 18.3 Å². The second kappa shape index (κ2) is 5.80. The Morgan fingerprint density at radius 2 is 2.22 bits per heavy atom. The van der Waals surface area contributed by atoms with Crippen molar-refractivity contribution in [3.63, 3.8) is 0 Å². The Kier molecular flexibility index (Phi) is 4.12. The molecule has 2 N–H and O–H groups in total. The summed E-state index contributed by atoms with van der Waals surface area (Å²) >= 11 is 0. The zero-order valence-electron chi connectivity index (χ0n) is 11.0. The van der Waals surface area contributed by atoms with E-state index >= 15 is 0 Å². The van der Waals surface area contributed by atoms with Gasteiger partial charge in [-0.25, -0.2) is 9.97 Å². The lowest BCUT2D eigenvalue weighted by atomic mass is 9.93. The summed E-state index contributed by atoms with van der Waals surface area (Å²) in [5, 5.41) is 6.10. The molecule has 0 aromatic carbocycles. The molecule has 1 aromatic rings. The number of nitrogens with one attached hydrogen (secondary N) is 2. The monoisotopic (exact) mass is 248 g/mol. The van der Waals surface area contributed by atoms with E-state index in [0.717, 1.165) is 31.5 Å². The van der Waals surface area contributed by atoms with Crippen molar-refractivity contribution in [3.05, 3.63) is 17.5 Å². The summed E-state index contributed by atoms with van der Waals surface area (Å²) < 4.78 is 0. The van der Waals surface area contributed by atoms with Gasteiger partial charge < -0.3 is 10.6 Å². The number of hydrogen-bond acceptors (Lipinski definition) is 4. The van der Waals surface area contributed by atoms with Crippen LogP contribution in [-0.4, -0.2) is 28.5 Å². The van der Waals surface area contributed by atoms with Crippen LogP contribution in [0.15, 0.2) is 6.07 Å². The Morgan fingerprint density at radius 1 is 1.44 bits per heavy atom. The SMILES string of the molecule is CCCNc1nc(C)cc(C(=O)NC2CCC2)n1. The molecule has 1 heterocycles. The molecule has 98 valence electrons. The molecule has 0 atom stereocenters. The normalized spacial score (nSPS) is 15.0. The molecule has 0 unspecified atom stereocenters. The van der Waals surface area contributed by atoms with Crippen molar-refractivity contribution in [2.75, 3.05) is 11.9 Å². The summed E-state index contributed by atoms with van der Waals surface area (Å²) in [5.41, 5.74) is 1.26. The minimum Gasteiger partial charge on any atom is -0.354 e. The fourth-order valence-corrected chi connectivity index (χ4v) is 1.81. The van der Waals surface area contributed by atoms with E-state index in [-0.39, 0.29) is 5.91 Å². The molecule has 1 fully saturated rings. The fraction of sp³-hybridized carbons (Fsp3) is 0.615. The highest BCUT2D eigenvalue weighted by Crippen LogP contribution is 2.18. The van der Waals surface area contributed by atoms with E-state index in [1.165, 1.54) is 6.42 Å². The Hall–Kier alpha value is -1.65. The van der Waals surface area contributed by atoms with E-state index in [4.69, 9.17) is 0 Å². The third-order valence-electron chi connectivity index (χ3n) is 3.06. The molecule has 5 nitrogen and oxygen atoms in total. The van der Waals surface area contributed by atoms with Crippen molar-refractivity contribution in [3.8, 4) is 0 Å². The number of anilines is 1. The van der Waals surface area contributed by atoms with Crippen molar-refractivity contribution in [1.29, 1.82) is 0 Å². The molecule has 1 aromatic heterocycles. The Morgan fingerprint density at radius 3 is 2.83 bits per heavy atom. The minimum absolute atomic E-state index is 0.0928. The van der Waals surface area contributed by atoms with Crippen LogP contribution >= 0.6 is 0 Å². The molecular weight excluding hydrogens is 228 g/mol. The highest BCUT2D eigenvalue weighted by atomic mass is 16.1. The second-order valence-corrected chi connectivity index (χ2v) is 4.75. The van der Waals surface area contributed by atoms with E-state index in [1.54, 1.807) is 6.07 Å². The molecule has 0 radical (unpaired) electrons. The second-order valence-electron chi connectivity index (χ2n) is 4.75. The van der Waals surface area contributed by atoms with Crippen molar-refractivity contribution >= 4 is 11.9 Å². The fourth-order valence-electron chi connectivity index (χ4n) is 1.81. The molecule has 1 saturated carbocycles. The largest absolute Gasteiger partial charge is 0.354 e. The van der Waals surface area contributed by atoms with Crippen LogP contribution in [0.1, 0.15) is 48.8 Å². The van der Waals surface area contributed by atoms with Crippen LogP contribution < -0.4 is 10.6 Å². The lowest BCUT2D eigenvalue weighted by Crippen LogP contribution is -2.39. The maximum Gasteiger partial charge on any atom is 0.270 e. The quantitative estimate of drug-likeness (QED) is 0.835. The standard InChI is InChI=1S/C13H20N4O/c1-3-7-14-13-15-9(2)8-11(17-13)12(18)16-10-5-4-6-10/h8,10H,3-7H2,1-2H3,(H,16,18)(H,14,15,17). The molecule has 0 saturated heterocycles. The number of rotatable bonds is 5. The van der Waals surface area contributed by atoms with Gasteiger partial charge in [0.15, 0.2) is 0 Å². The van der Waals surface area contributed by atoms with Crippen LogP contribution in [0, 0.1) is 6.92 Å². The predicted molar refractivity (Wildman–Crippen MR) is 70.7 cm³/mol. The van der Waals surface area contributed by atoms with Gasteiger partial charge in [-0.2, -0.15) is 0 Å². The van der Waals surface area contributed by atoms with Gasteiger partial charge in [-0.3, -0.25) is 4.79 Å². The van der Waals surface area contributed by atoms with Gasteiger partial charge in [0.2, 0.25) is 5.95 Å². The van der Waals surface area contributed by atoms with Crippen LogP contribution in [-0.2, 0) is 0 Å². The zero-order valence-corrected chi connectivity index (χ0v) is 11.0. The number of carbonyl (C=O) groups is 1. The van der Waals surface area contributed by atoms with E-state index in [9.17, 15) is 4.79 Å². The molecular formula is C13H20N4O. The highest BCUT2D eigenvalue weighted by Gasteiger charge is 2.21. The molecule has 1 aliphatic carbocycles. The maximum atomic E-state index is 12.0. The number of hydrogen-bond donors (Lipinski definition) is 2. The van der Waals surface area contributed by atoms with Crippen molar-refractivity contribution in [2.24, 2.45) is 0 Å². The van der Waals surface area contributed by atoms with Gasteiger partial charge >= 0.3 is 0 Å².